The summed E-state index contributed by atoms with van der Waals surface area (Å²) in [6.07, 6.45) is 49.0. The van der Waals surface area contributed by atoms with E-state index in [2.05, 4.69) is 19.2 Å². The van der Waals surface area contributed by atoms with Crippen molar-refractivity contribution >= 4 is 13.7 Å². The standard InChI is InChI=1S/C60H118NO11P/c1-3-5-7-9-11-13-15-17-18-19-20-21-22-23-24-25-26-27-28-29-30-31-32-33-34-35-36-38-40-42-44-46-48-50-54(63)61-52(53(62)49-47-45-43-41-39-37-16-14-12-10-8-6-4-2)51-71-73(69,70)72-60-58(67)56(65)55(64)57(66)59(60)68/h47,49,52-53,55-60,62,64-68H,3-46,48,50-51H2,1-2H3,(H,61,63)(H,69,70)/b49-47+/t52-,53+,55?,56+,57?,58?,59?,60?/m0/s1. The number of phosphoric acid groups is 1. The fraction of sp³-hybridized carbons (Fsp3) is 0.950. The summed E-state index contributed by atoms with van der Waals surface area (Å²) in [5.41, 5.74) is 0. The summed E-state index contributed by atoms with van der Waals surface area (Å²) in [6, 6.07) is -1.11. The van der Waals surface area contributed by atoms with Gasteiger partial charge in [-0.05, 0) is 19.3 Å². The molecule has 1 saturated carbocycles. The first-order chi connectivity index (χ1) is 35.4. The molecule has 8 N–H and O–H groups in total. The number of rotatable bonds is 54. The van der Waals surface area contributed by atoms with Crippen LogP contribution in [0.25, 0.3) is 0 Å². The summed E-state index contributed by atoms with van der Waals surface area (Å²) in [7, 11) is -5.08. The molecule has 73 heavy (non-hydrogen) atoms. The number of aliphatic hydroxyl groups excluding tert-OH is 6. The van der Waals surface area contributed by atoms with Gasteiger partial charge in [0, 0.05) is 6.42 Å². The number of unbranched alkanes of at least 4 members (excludes halogenated alkanes) is 43. The van der Waals surface area contributed by atoms with E-state index in [1.165, 1.54) is 238 Å². The first kappa shape index (κ1) is 70.1. The fourth-order valence-electron chi connectivity index (χ4n) is 10.3. The van der Waals surface area contributed by atoms with E-state index in [-0.39, 0.29) is 12.3 Å². The molecular formula is C60H118NO11P. The number of carbonyl (C=O) groups excluding carboxylic acids is 1. The number of hydrogen-bond acceptors (Lipinski definition) is 10. The maximum atomic E-state index is 13.0. The lowest BCUT2D eigenvalue weighted by Crippen LogP contribution is -2.64. The second-order valence-electron chi connectivity index (χ2n) is 22.3. The van der Waals surface area contributed by atoms with Crippen LogP contribution in [0.4, 0.5) is 0 Å². The van der Waals surface area contributed by atoms with Crippen LogP contribution >= 0.6 is 7.82 Å². The highest BCUT2D eigenvalue weighted by Crippen LogP contribution is 2.47. The van der Waals surface area contributed by atoms with E-state index in [4.69, 9.17) is 9.05 Å². The average Bonchev–Trinajstić information content (AvgIpc) is 3.38. The van der Waals surface area contributed by atoms with Crippen molar-refractivity contribution in [2.75, 3.05) is 6.61 Å². The summed E-state index contributed by atoms with van der Waals surface area (Å²) < 4.78 is 23.0. The van der Waals surface area contributed by atoms with Crippen LogP contribution in [0.3, 0.4) is 0 Å². The smallest absolute Gasteiger partial charge is 0.387 e. The third-order valence-corrected chi connectivity index (χ3v) is 16.3. The van der Waals surface area contributed by atoms with Crippen molar-refractivity contribution in [2.45, 2.75) is 358 Å². The molecule has 0 aromatic heterocycles. The lowest BCUT2D eigenvalue weighted by molar-refractivity contribution is -0.220. The number of hydrogen-bond donors (Lipinski definition) is 8. The third kappa shape index (κ3) is 40.0. The van der Waals surface area contributed by atoms with Crippen LogP contribution in [0.15, 0.2) is 12.2 Å². The Morgan fingerprint density at radius 1 is 0.452 bits per heavy atom. The topological polar surface area (TPSA) is 206 Å². The SMILES string of the molecule is CCCCCCCCCCCCC/C=C/[C@@H](O)[C@H](COP(=O)(O)OC1C(O)C(O)C(O)[C@@H](O)C1O)NC(=O)CCCCCCCCCCCCCCCCCCCCCCCCCCCCCCCCCCC. The van der Waals surface area contributed by atoms with Gasteiger partial charge in [0.2, 0.25) is 5.91 Å². The van der Waals surface area contributed by atoms with E-state index in [1.54, 1.807) is 6.08 Å². The Kier molecular flexibility index (Phi) is 47.4. The number of aliphatic hydroxyl groups is 6. The average molecular weight is 1060 g/mol. The zero-order chi connectivity index (χ0) is 53.5. The number of carbonyl (C=O) groups is 1. The molecule has 1 aliphatic rings. The molecular weight excluding hydrogens is 942 g/mol. The molecule has 12 nitrogen and oxygen atoms in total. The van der Waals surface area contributed by atoms with Crippen molar-refractivity contribution in [3.8, 4) is 0 Å². The van der Waals surface area contributed by atoms with Crippen LogP contribution < -0.4 is 5.32 Å². The minimum atomic E-state index is -5.08. The van der Waals surface area contributed by atoms with Crippen molar-refractivity contribution in [1.29, 1.82) is 0 Å². The first-order valence-electron chi connectivity index (χ1n) is 31.1. The molecule has 1 amide bonds. The molecule has 0 aliphatic heterocycles. The van der Waals surface area contributed by atoms with Gasteiger partial charge in [0.1, 0.15) is 36.6 Å². The predicted octanol–water partition coefficient (Wildman–Crippen LogP) is 14.7. The molecule has 1 aliphatic carbocycles. The molecule has 1 rings (SSSR count). The van der Waals surface area contributed by atoms with Crippen molar-refractivity contribution in [3.63, 3.8) is 0 Å². The molecule has 0 aromatic carbocycles. The minimum Gasteiger partial charge on any atom is -0.387 e. The lowest BCUT2D eigenvalue weighted by Gasteiger charge is -2.41. The Morgan fingerprint density at radius 2 is 0.726 bits per heavy atom. The van der Waals surface area contributed by atoms with Crippen LogP contribution in [-0.2, 0) is 18.4 Å². The Bertz CT molecular complexity index is 1280. The Hall–Kier alpha value is -0.920. The van der Waals surface area contributed by atoms with E-state index in [0.717, 1.165) is 44.9 Å². The molecule has 0 saturated heterocycles. The number of phosphoric ester groups is 1. The number of amides is 1. The molecule has 1 fully saturated rings. The van der Waals surface area contributed by atoms with Gasteiger partial charge in [-0.25, -0.2) is 4.57 Å². The van der Waals surface area contributed by atoms with E-state index >= 15 is 0 Å². The normalized spacial score (nSPS) is 20.9. The molecule has 434 valence electrons. The van der Waals surface area contributed by atoms with Crippen LogP contribution in [0.2, 0.25) is 0 Å². The van der Waals surface area contributed by atoms with Crippen LogP contribution in [0.1, 0.15) is 309 Å². The monoisotopic (exact) mass is 1060 g/mol. The van der Waals surface area contributed by atoms with Gasteiger partial charge >= 0.3 is 7.82 Å². The van der Waals surface area contributed by atoms with Gasteiger partial charge in [-0.3, -0.25) is 13.8 Å². The molecule has 6 unspecified atom stereocenters. The van der Waals surface area contributed by atoms with Crippen LogP contribution in [0.5, 0.6) is 0 Å². The van der Waals surface area contributed by atoms with E-state index in [1.807, 2.05) is 6.08 Å². The molecule has 9 atom stereocenters. The highest BCUT2D eigenvalue weighted by molar-refractivity contribution is 7.47. The fourth-order valence-corrected chi connectivity index (χ4v) is 11.3. The molecule has 0 spiro atoms. The van der Waals surface area contributed by atoms with Gasteiger partial charge in [-0.1, -0.05) is 296 Å². The second kappa shape index (κ2) is 49.4. The summed E-state index contributed by atoms with van der Waals surface area (Å²) in [5.74, 6) is -0.334. The van der Waals surface area contributed by atoms with Gasteiger partial charge in [0.05, 0.1) is 18.8 Å². The lowest BCUT2D eigenvalue weighted by atomic mass is 9.85. The second-order valence-corrected chi connectivity index (χ2v) is 23.7. The van der Waals surface area contributed by atoms with Gasteiger partial charge in [-0.2, -0.15) is 0 Å². The van der Waals surface area contributed by atoms with E-state index < -0.39 is 63.2 Å². The van der Waals surface area contributed by atoms with Crippen molar-refractivity contribution < 1.29 is 53.9 Å². The van der Waals surface area contributed by atoms with Crippen molar-refractivity contribution in [1.82, 2.24) is 5.32 Å². The van der Waals surface area contributed by atoms with Crippen molar-refractivity contribution in [2.24, 2.45) is 0 Å². The van der Waals surface area contributed by atoms with Crippen molar-refractivity contribution in [3.05, 3.63) is 12.2 Å². The largest absolute Gasteiger partial charge is 0.472 e. The molecule has 13 heteroatoms. The number of nitrogens with one attached hydrogen (secondary N) is 1. The predicted molar refractivity (Wildman–Crippen MR) is 301 cm³/mol. The Morgan fingerprint density at radius 3 is 1.04 bits per heavy atom. The minimum absolute atomic E-state index is 0.219. The van der Waals surface area contributed by atoms with Gasteiger partial charge in [0.15, 0.2) is 0 Å². The molecule has 0 bridgehead atoms. The molecule has 0 radical (unpaired) electrons. The Labute approximate surface area is 448 Å². The third-order valence-electron chi connectivity index (χ3n) is 15.3. The van der Waals surface area contributed by atoms with Gasteiger partial charge < -0.3 is 40.8 Å². The first-order valence-corrected chi connectivity index (χ1v) is 32.6. The van der Waals surface area contributed by atoms with E-state index in [0.29, 0.717) is 6.42 Å². The zero-order valence-electron chi connectivity index (χ0n) is 47.2. The number of allylic oxidation sites excluding steroid dienone is 1. The van der Waals surface area contributed by atoms with Gasteiger partial charge in [-0.15, -0.1) is 0 Å². The zero-order valence-corrected chi connectivity index (χ0v) is 48.1. The van der Waals surface area contributed by atoms with Crippen LogP contribution in [-0.4, -0.2) is 96.8 Å². The maximum absolute atomic E-state index is 13.0. The quantitative estimate of drug-likeness (QED) is 0.0163. The van der Waals surface area contributed by atoms with Gasteiger partial charge in [0.25, 0.3) is 0 Å². The highest BCUT2D eigenvalue weighted by atomic mass is 31.2. The Balaban J connectivity index is 2.18. The highest BCUT2D eigenvalue weighted by Gasteiger charge is 2.51. The van der Waals surface area contributed by atoms with Crippen LogP contribution in [0, 0.1) is 0 Å². The maximum Gasteiger partial charge on any atom is 0.472 e. The van der Waals surface area contributed by atoms with E-state index in [9.17, 15) is 44.9 Å². The molecule has 0 heterocycles. The summed E-state index contributed by atoms with van der Waals surface area (Å²) in [4.78, 5) is 23.5. The summed E-state index contributed by atoms with van der Waals surface area (Å²) in [5, 5.41) is 64.3. The summed E-state index contributed by atoms with van der Waals surface area (Å²) in [6.45, 7) is 3.88. The summed E-state index contributed by atoms with van der Waals surface area (Å²) >= 11 is 0. The molecule has 0 aromatic rings.